The monoisotopic (exact) mass is 277 g/mol. The van der Waals surface area contributed by atoms with Gasteiger partial charge in [-0.15, -0.1) is 0 Å². The molecular formula is C18H31NO. The predicted octanol–water partition coefficient (Wildman–Crippen LogP) is 4.42. The minimum atomic E-state index is 0.602. The molecule has 0 saturated carbocycles. The van der Waals surface area contributed by atoms with Crippen molar-refractivity contribution >= 4 is 0 Å². The van der Waals surface area contributed by atoms with Crippen LogP contribution in [0.1, 0.15) is 51.5 Å². The molecule has 2 nitrogen and oxygen atoms in total. The van der Waals surface area contributed by atoms with Crippen molar-refractivity contribution in [2.45, 2.75) is 52.4 Å². The summed E-state index contributed by atoms with van der Waals surface area (Å²) in [5.74, 6) is 2.36. The molecule has 0 radical (unpaired) electrons. The zero-order chi connectivity index (χ0) is 14.8. The summed E-state index contributed by atoms with van der Waals surface area (Å²) in [5, 5.41) is 0. The third kappa shape index (κ3) is 5.96. The molecule has 0 heterocycles. The van der Waals surface area contributed by atoms with Crippen LogP contribution in [0.4, 0.5) is 0 Å². The Morgan fingerprint density at radius 3 is 2.30 bits per heavy atom. The van der Waals surface area contributed by atoms with Gasteiger partial charge >= 0.3 is 0 Å². The standard InChI is InChI=1S/C18H31NO/c1-4-6-7-15(5-2)12-17(14-19)13-16-8-10-18(20-3)11-9-16/h8-11,15,17H,4-7,12-14,19H2,1-3H3. The van der Waals surface area contributed by atoms with Crippen LogP contribution in [0, 0.1) is 11.8 Å². The molecular weight excluding hydrogens is 246 g/mol. The van der Waals surface area contributed by atoms with Crippen molar-refractivity contribution in [3.63, 3.8) is 0 Å². The van der Waals surface area contributed by atoms with Crippen LogP contribution in [0.2, 0.25) is 0 Å². The molecule has 20 heavy (non-hydrogen) atoms. The Morgan fingerprint density at radius 1 is 1.10 bits per heavy atom. The van der Waals surface area contributed by atoms with Crippen molar-refractivity contribution in [3.8, 4) is 5.75 Å². The molecule has 2 atom stereocenters. The smallest absolute Gasteiger partial charge is 0.118 e. The van der Waals surface area contributed by atoms with Crippen molar-refractivity contribution in [2.24, 2.45) is 17.6 Å². The topological polar surface area (TPSA) is 35.2 Å². The molecule has 0 amide bonds. The van der Waals surface area contributed by atoms with E-state index >= 15 is 0 Å². The van der Waals surface area contributed by atoms with Crippen LogP contribution in [-0.4, -0.2) is 13.7 Å². The van der Waals surface area contributed by atoms with Crippen LogP contribution in [0.5, 0.6) is 5.75 Å². The molecule has 2 N–H and O–H groups in total. The Hall–Kier alpha value is -1.02. The van der Waals surface area contributed by atoms with Crippen molar-refractivity contribution in [1.82, 2.24) is 0 Å². The van der Waals surface area contributed by atoms with E-state index in [-0.39, 0.29) is 0 Å². The summed E-state index contributed by atoms with van der Waals surface area (Å²) < 4.78 is 5.20. The van der Waals surface area contributed by atoms with Gasteiger partial charge in [0.1, 0.15) is 5.75 Å². The van der Waals surface area contributed by atoms with Crippen LogP contribution < -0.4 is 10.5 Å². The van der Waals surface area contributed by atoms with Crippen molar-refractivity contribution in [1.29, 1.82) is 0 Å². The summed E-state index contributed by atoms with van der Waals surface area (Å²) in [4.78, 5) is 0. The Balaban J connectivity index is 2.51. The maximum atomic E-state index is 5.98. The number of unbranched alkanes of at least 4 members (excludes halogenated alkanes) is 1. The van der Waals surface area contributed by atoms with Gasteiger partial charge in [-0.05, 0) is 48.9 Å². The first-order valence-electron chi connectivity index (χ1n) is 8.06. The average Bonchev–Trinajstić information content (AvgIpc) is 2.50. The van der Waals surface area contributed by atoms with Gasteiger partial charge in [-0.3, -0.25) is 0 Å². The van der Waals surface area contributed by atoms with Crippen LogP contribution in [0.25, 0.3) is 0 Å². The second-order valence-electron chi connectivity index (χ2n) is 5.81. The molecule has 2 unspecified atom stereocenters. The average molecular weight is 277 g/mol. The first-order chi connectivity index (χ1) is 9.73. The molecule has 1 rings (SSSR count). The third-order valence-corrected chi connectivity index (χ3v) is 4.23. The fourth-order valence-electron chi connectivity index (χ4n) is 2.81. The van der Waals surface area contributed by atoms with Gasteiger partial charge in [0.05, 0.1) is 7.11 Å². The van der Waals surface area contributed by atoms with Gasteiger partial charge in [-0.2, -0.15) is 0 Å². The van der Waals surface area contributed by atoms with Crippen molar-refractivity contribution < 1.29 is 4.74 Å². The van der Waals surface area contributed by atoms with Gasteiger partial charge in [-0.1, -0.05) is 51.7 Å². The molecule has 0 fully saturated rings. The van der Waals surface area contributed by atoms with Gasteiger partial charge in [0.15, 0.2) is 0 Å². The Morgan fingerprint density at radius 2 is 1.80 bits per heavy atom. The molecule has 0 aliphatic rings. The fourth-order valence-corrected chi connectivity index (χ4v) is 2.81. The van der Waals surface area contributed by atoms with Crippen molar-refractivity contribution in [2.75, 3.05) is 13.7 Å². The highest BCUT2D eigenvalue weighted by atomic mass is 16.5. The van der Waals surface area contributed by atoms with Gasteiger partial charge in [0.2, 0.25) is 0 Å². The second kappa shape index (κ2) is 9.82. The molecule has 0 aliphatic heterocycles. The van der Waals surface area contributed by atoms with E-state index in [1.54, 1.807) is 7.11 Å². The van der Waals surface area contributed by atoms with E-state index in [0.717, 1.165) is 24.6 Å². The summed E-state index contributed by atoms with van der Waals surface area (Å²) in [7, 11) is 1.71. The highest BCUT2D eigenvalue weighted by Gasteiger charge is 2.14. The summed E-state index contributed by atoms with van der Waals surface area (Å²) in [5.41, 5.74) is 7.35. The molecule has 1 aromatic rings. The molecule has 114 valence electrons. The summed E-state index contributed by atoms with van der Waals surface area (Å²) in [6.07, 6.45) is 7.62. The maximum Gasteiger partial charge on any atom is 0.118 e. The molecule has 0 saturated heterocycles. The number of nitrogens with two attached hydrogens (primary N) is 1. The van der Waals surface area contributed by atoms with E-state index in [2.05, 4.69) is 26.0 Å². The van der Waals surface area contributed by atoms with Gasteiger partial charge in [-0.25, -0.2) is 0 Å². The SMILES string of the molecule is CCCCC(CC)CC(CN)Cc1ccc(OC)cc1. The molecule has 0 aliphatic carbocycles. The minimum Gasteiger partial charge on any atom is -0.497 e. The van der Waals surface area contributed by atoms with Crippen LogP contribution in [-0.2, 0) is 6.42 Å². The number of hydrogen-bond acceptors (Lipinski definition) is 2. The predicted molar refractivity (Wildman–Crippen MR) is 87.2 cm³/mol. The van der Waals surface area contributed by atoms with E-state index in [1.807, 2.05) is 12.1 Å². The highest BCUT2D eigenvalue weighted by molar-refractivity contribution is 5.27. The Kier molecular flexibility index (Phi) is 8.36. The Labute approximate surface area is 124 Å². The lowest BCUT2D eigenvalue weighted by atomic mass is 9.85. The lowest BCUT2D eigenvalue weighted by Crippen LogP contribution is -2.20. The lowest BCUT2D eigenvalue weighted by molar-refractivity contribution is 0.339. The number of rotatable bonds is 10. The molecule has 2 heteroatoms. The van der Waals surface area contributed by atoms with E-state index in [1.165, 1.54) is 37.7 Å². The van der Waals surface area contributed by atoms with Gasteiger partial charge in [0, 0.05) is 0 Å². The first kappa shape index (κ1) is 17.0. The molecule has 1 aromatic carbocycles. The van der Waals surface area contributed by atoms with E-state index in [9.17, 15) is 0 Å². The van der Waals surface area contributed by atoms with Crippen LogP contribution in [0.3, 0.4) is 0 Å². The summed E-state index contributed by atoms with van der Waals surface area (Å²) in [6.45, 7) is 5.36. The number of methoxy groups -OCH3 is 1. The third-order valence-electron chi connectivity index (χ3n) is 4.23. The lowest BCUT2D eigenvalue weighted by Gasteiger charge is -2.21. The molecule has 0 spiro atoms. The van der Waals surface area contributed by atoms with Crippen LogP contribution in [0.15, 0.2) is 24.3 Å². The largest absolute Gasteiger partial charge is 0.497 e. The molecule has 0 aromatic heterocycles. The minimum absolute atomic E-state index is 0.602. The zero-order valence-electron chi connectivity index (χ0n) is 13.4. The van der Waals surface area contributed by atoms with E-state index < -0.39 is 0 Å². The second-order valence-corrected chi connectivity index (χ2v) is 5.81. The number of benzene rings is 1. The van der Waals surface area contributed by atoms with Gasteiger partial charge < -0.3 is 10.5 Å². The van der Waals surface area contributed by atoms with Crippen LogP contribution >= 0.6 is 0 Å². The van der Waals surface area contributed by atoms with E-state index in [4.69, 9.17) is 10.5 Å². The molecule has 0 bridgehead atoms. The summed E-state index contributed by atoms with van der Waals surface area (Å²) in [6, 6.07) is 8.40. The number of ether oxygens (including phenoxy) is 1. The first-order valence-corrected chi connectivity index (χ1v) is 8.06. The van der Waals surface area contributed by atoms with Crippen molar-refractivity contribution in [3.05, 3.63) is 29.8 Å². The normalized spacial score (nSPS) is 14.0. The maximum absolute atomic E-state index is 5.98. The number of hydrogen-bond donors (Lipinski definition) is 1. The fraction of sp³-hybridized carbons (Fsp3) is 0.667. The quantitative estimate of drug-likeness (QED) is 0.687. The van der Waals surface area contributed by atoms with E-state index in [0.29, 0.717) is 5.92 Å². The Bertz CT molecular complexity index is 347. The summed E-state index contributed by atoms with van der Waals surface area (Å²) >= 11 is 0. The van der Waals surface area contributed by atoms with Gasteiger partial charge in [0.25, 0.3) is 0 Å². The zero-order valence-corrected chi connectivity index (χ0v) is 13.4. The highest BCUT2D eigenvalue weighted by Crippen LogP contribution is 2.24.